The Bertz CT molecular complexity index is 333. The molecule has 1 fully saturated rings. The van der Waals surface area contributed by atoms with Crippen LogP contribution in [-0.2, 0) is 10.2 Å². The van der Waals surface area contributed by atoms with Gasteiger partial charge >= 0.3 is 0 Å². The third kappa shape index (κ3) is 5.22. The van der Waals surface area contributed by atoms with E-state index in [9.17, 15) is 13.5 Å². The summed E-state index contributed by atoms with van der Waals surface area (Å²) in [6.07, 6.45) is 5.46. The summed E-state index contributed by atoms with van der Waals surface area (Å²) in [4.78, 5) is 0. The third-order valence-corrected chi connectivity index (χ3v) is 4.88. The maximum Gasteiger partial charge on any atom is 0.279 e. The highest BCUT2D eigenvalue weighted by atomic mass is 32.2. The second-order valence-electron chi connectivity index (χ2n) is 5.39. The van der Waals surface area contributed by atoms with Gasteiger partial charge in [0.2, 0.25) is 0 Å². The number of rotatable bonds is 6. The molecular formula is C12H26N2O3S. The summed E-state index contributed by atoms with van der Waals surface area (Å²) in [7, 11) is -3.43. The van der Waals surface area contributed by atoms with Crippen molar-refractivity contribution < 1.29 is 13.5 Å². The van der Waals surface area contributed by atoms with Gasteiger partial charge in [0.25, 0.3) is 10.2 Å². The lowest BCUT2D eigenvalue weighted by molar-refractivity contribution is 0.0550. The fourth-order valence-corrected chi connectivity index (χ4v) is 3.66. The summed E-state index contributed by atoms with van der Waals surface area (Å²) in [5.74, 6) is 0. The van der Waals surface area contributed by atoms with E-state index in [2.05, 4.69) is 4.72 Å². The van der Waals surface area contributed by atoms with Gasteiger partial charge in [-0.15, -0.1) is 0 Å². The Morgan fingerprint density at radius 1 is 1.22 bits per heavy atom. The van der Waals surface area contributed by atoms with Crippen LogP contribution in [0.2, 0.25) is 0 Å². The highest BCUT2D eigenvalue weighted by Crippen LogP contribution is 2.14. The Morgan fingerprint density at radius 3 is 2.28 bits per heavy atom. The van der Waals surface area contributed by atoms with Crippen LogP contribution in [-0.4, -0.2) is 43.1 Å². The van der Waals surface area contributed by atoms with Gasteiger partial charge in [0, 0.05) is 19.6 Å². The minimum atomic E-state index is -3.43. The van der Waals surface area contributed by atoms with Crippen LogP contribution in [0.3, 0.4) is 0 Å². The number of hydrogen-bond donors (Lipinski definition) is 2. The molecule has 0 radical (unpaired) electrons. The fraction of sp³-hybridized carbons (Fsp3) is 1.00. The Morgan fingerprint density at radius 2 is 1.78 bits per heavy atom. The third-order valence-electron chi connectivity index (χ3n) is 3.33. The van der Waals surface area contributed by atoms with Crippen LogP contribution in [0.5, 0.6) is 0 Å². The van der Waals surface area contributed by atoms with Crippen molar-refractivity contribution >= 4 is 10.2 Å². The molecule has 1 unspecified atom stereocenters. The minimum absolute atomic E-state index is 0.0830. The van der Waals surface area contributed by atoms with E-state index < -0.39 is 15.8 Å². The lowest BCUT2D eigenvalue weighted by Crippen LogP contribution is -2.47. The summed E-state index contributed by atoms with van der Waals surface area (Å²) in [5, 5.41) is 9.99. The number of aliphatic hydroxyl groups is 1. The normalized spacial score (nSPS) is 22.4. The first kappa shape index (κ1) is 15.9. The van der Waals surface area contributed by atoms with Crippen molar-refractivity contribution in [1.29, 1.82) is 0 Å². The average Bonchev–Trinajstić information content (AvgIpc) is 2.56. The quantitative estimate of drug-likeness (QED) is 0.768. The van der Waals surface area contributed by atoms with Crippen molar-refractivity contribution in [2.45, 2.75) is 58.0 Å². The van der Waals surface area contributed by atoms with E-state index in [-0.39, 0.29) is 6.54 Å². The van der Waals surface area contributed by atoms with Crippen molar-refractivity contribution in [3.63, 3.8) is 0 Å². The van der Waals surface area contributed by atoms with Crippen molar-refractivity contribution in [1.82, 2.24) is 9.03 Å². The second-order valence-corrected chi connectivity index (χ2v) is 7.14. The van der Waals surface area contributed by atoms with Crippen molar-refractivity contribution in [3.05, 3.63) is 0 Å². The van der Waals surface area contributed by atoms with Gasteiger partial charge in [-0.25, -0.2) is 0 Å². The standard InChI is InChI=1S/C12H26N2O3S/c1-3-8-12(2,15)11-13-18(16,17)14-9-6-4-5-7-10-14/h13,15H,3-11H2,1-2H3. The summed E-state index contributed by atoms with van der Waals surface area (Å²) in [5.41, 5.74) is -0.965. The number of nitrogens with zero attached hydrogens (tertiary/aromatic N) is 1. The van der Waals surface area contributed by atoms with Crippen LogP contribution in [0.15, 0.2) is 0 Å². The van der Waals surface area contributed by atoms with Gasteiger partial charge in [-0.2, -0.15) is 17.4 Å². The lowest BCUT2D eigenvalue weighted by Gasteiger charge is -2.26. The first-order chi connectivity index (χ1) is 8.37. The average molecular weight is 278 g/mol. The fourth-order valence-electron chi connectivity index (χ4n) is 2.25. The predicted molar refractivity (Wildman–Crippen MR) is 72.5 cm³/mol. The van der Waals surface area contributed by atoms with Gasteiger partial charge in [0.15, 0.2) is 0 Å². The Labute approximate surface area is 111 Å². The molecule has 1 atom stereocenters. The number of hydrogen-bond acceptors (Lipinski definition) is 3. The molecule has 1 aliphatic heterocycles. The van der Waals surface area contributed by atoms with Crippen molar-refractivity contribution in [2.75, 3.05) is 19.6 Å². The maximum absolute atomic E-state index is 12.1. The highest BCUT2D eigenvalue weighted by Gasteiger charge is 2.26. The van der Waals surface area contributed by atoms with E-state index in [1.54, 1.807) is 6.92 Å². The van der Waals surface area contributed by atoms with Crippen molar-refractivity contribution in [3.8, 4) is 0 Å². The topological polar surface area (TPSA) is 69.6 Å². The van der Waals surface area contributed by atoms with Crippen LogP contribution in [0.25, 0.3) is 0 Å². The molecule has 1 aliphatic rings. The predicted octanol–water partition coefficient (Wildman–Crippen LogP) is 1.25. The molecule has 0 amide bonds. The molecule has 2 N–H and O–H groups in total. The van der Waals surface area contributed by atoms with Gasteiger partial charge in [0.05, 0.1) is 5.60 Å². The second kappa shape index (κ2) is 6.84. The van der Waals surface area contributed by atoms with Gasteiger partial charge in [-0.1, -0.05) is 26.2 Å². The van der Waals surface area contributed by atoms with E-state index in [0.717, 1.165) is 32.1 Å². The smallest absolute Gasteiger partial charge is 0.279 e. The zero-order chi connectivity index (χ0) is 13.6. The zero-order valence-corrected chi connectivity index (χ0v) is 12.3. The molecule has 1 heterocycles. The molecule has 0 aromatic carbocycles. The molecule has 108 valence electrons. The summed E-state index contributed by atoms with van der Waals surface area (Å²) >= 11 is 0. The minimum Gasteiger partial charge on any atom is -0.389 e. The Kier molecular flexibility index (Phi) is 6.04. The molecule has 0 saturated carbocycles. The molecule has 18 heavy (non-hydrogen) atoms. The summed E-state index contributed by atoms with van der Waals surface area (Å²) in [6, 6.07) is 0. The van der Waals surface area contributed by atoms with Gasteiger partial charge < -0.3 is 5.11 Å². The van der Waals surface area contributed by atoms with Crippen LogP contribution >= 0.6 is 0 Å². The molecule has 0 aliphatic carbocycles. The Hall–Kier alpha value is -0.170. The molecule has 0 bridgehead atoms. The largest absolute Gasteiger partial charge is 0.389 e. The summed E-state index contributed by atoms with van der Waals surface area (Å²) < 4.78 is 28.2. The molecule has 1 rings (SSSR count). The van der Waals surface area contributed by atoms with Crippen LogP contribution < -0.4 is 4.72 Å². The molecule has 1 saturated heterocycles. The van der Waals surface area contributed by atoms with E-state index >= 15 is 0 Å². The first-order valence-corrected chi connectivity index (χ1v) is 8.28. The Balaban J connectivity index is 2.53. The summed E-state index contributed by atoms with van der Waals surface area (Å²) in [6.45, 7) is 4.90. The SMILES string of the molecule is CCCC(C)(O)CNS(=O)(=O)N1CCCCCC1. The van der Waals surface area contributed by atoms with Gasteiger partial charge in [0.1, 0.15) is 0 Å². The monoisotopic (exact) mass is 278 g/mol. The zero-order valence-electron chi connectivity index (χ0n) is 11.5. The maximum atomic E-state index is 12.1. The van der Waals surface area contributed by atoms with E-state index in [4.69, 9.17) is 0 Å². The van der Waals surface area contributed by atoms with Gasteiger partial charge in [-0.05, 0) is 26.2 Å². The first-order valence-electron chi connectivity index (χ1n) is 6.84. The molecule has 0 aromatic rings. The molecular weight excluding hydrogens is 252 g/mol. The van der Waals surface area contributed by atoms with E-state index in [0.29, 0.717) is 19.5 Å². The highest BCUT2D eigenvalue weighted by molar-refractivity contribution is 7.87. The van der Waals surface area contributed by atoms with E-state index in [1.807, 2.05) is 6.92 Å². The molecule has 5 nitrogen and oxygen atoms in total. The molecule has 0 aromatic heterocycles. The van der Waals surface area contributed by atoms with Crippen LogP contribution in [0.4, 0.5) is 0 Å². The van der Waals surface area contributed by atoms with E-state index in [1.165, 1.54) is 4.31 Å². The van der Waals surface area contributed by atoms with Crippen LogP contribution in [0, 0.1) is 0 Å². The molecule has 6 heteroatoms. The van der Waals surface area contributed by atoms with Gasteiger partial charge in [-0.3, -0.25) is 0 Å². The lowest BCUT2D eigenvalue weighted by atomic mass is 10.0. The van der Waals surface area contributed by atoms with Crippen molar-refractivity contribution in [2.24, 2.45) is 0 Å². The van der Waals surface area contributed by atoms with Crippen LogP contribution in [0.1, 0.15) is 52.4 Å². The number of nitrogens with one attached hydrogen (secondary N) is 1. The molecule has 0 spiro atoms.